The molecule has 0 radical (unpaired) electrons. The second kappa shape index (κ2) is 6.18. The van der Waals surface area contributed by atoms with Crippen LogP contribution in [0.5, 0.6) is 5.75 Å². The Kier molecular flexibility index (Phi) is 4.09. The Morgan fingerprint density at radius 1 is 1.18 bits per heavy atom. The predicted octanol–water partition coefficient (Wildman–Crippen LogP) is 3.25. The average Bonchev–Trinajstić information content (AvgIpc) is 3.35. The molecule has 2 aromatic carbocycles. The maximum Gasteiger partial charge on any atom is 0.224 e. The van der Waals surface area contributed by atoms with Crippen LogP contribution in [0.25, 0.3) is 0 Å². The van der Waals surface area contributed by atoms with Gasteiger partial charge in [0.25, 0.3) is 0 Å². The van der Waals surface area contributed by atoms with Crippen molar-refractivity contribution in [2.24, 2.45) is 5.92 Å². The van der Waals surface area contributed by atoms with Gasteiger partial charge in [-0.3, -0.25) is 4.79 Å². The summed E-state index contributed by atoms with van der Waals surface area (Å²) in [5, 5.41) is 2.92. The number of carbonyl (C=O) groups is 1. The largest absolute Gasteiger partial charge is 0.497 e. The molecule has 0 aromatic heterocycles. The van der Waals surface area contributed by atoms with Gasteiger partial charge in [0.2, 0.25) is 5.91 Å². The number of amides is 1. The van der Waals surface area contributed by atoms with Crippen LogP contribution in [0.3, 0.4) is 0 Å². The lowest BCUT2D eigenvalue weighted by molar-refractivity contribution is -0.122. The zero-order valence-corrected chi connectivity index (χ0v) is 12.4. The number of nitrogens with one attached hydrogen (secondary N) is 1. The fourth-order valence-corrected chi connectivity index (χ4v) is 2.63. The molecule has 1 saturated carbocycles. The summed E-state index contributed by atoms with van der Waals surface area (Å²) in [5.41, 5.74) is 2.07. The second-order valence-electron chi connectivity index (χ2n) is 5.57. The van der Waals surface area contributed by atoms with E-state index in [-0.39, 0.29) is 17.6 Å². The van der Waals surface area contributed by atoms with Gasteiger partial charge in [0.05, 0.1) is 7.11 Å². The highest BCUT2D eigenvalue weighted by Gasteiger charge is 2.43. The molecular formula is C18H18FNO2. The Bertz CT molecular complexity index is 652. The number of hydrogen-bond acceptors (Lipinski definition) is 2. The minimum atomic E-state index is -0.267. The quantitative estimate of drug-likeness (QED) is 0.920. The van der Waals surface area contributed by atoms with E-state index in [1.807, 2.05) is 24.3 Å². The molecule has 0 bridgehead atoms. The standard InChI is InChI=1S/C18H18FNO2/c1-22-15-8-4-13(5-9-15)16-10-17(16)18(21)20-11-12-2-6-14(19)7-3-12/h2-9,16-17H,10-11H2,1H3,(H,20,21). The molecule has 22 heavy (non-hydrogen) atoms. The SMILES string of the molecule is COc1ccc(C2CC2C(=O)NCc2ccc(F)cc2)cc1. The minimum Gasteiger partial charge on any atom is -0.497 e. The highest BCUT2D eigenvalue weighted by Crippen LogP contribution is 2.47. The molecule has 3 nitrogen and oxygen atoms in total. The third kappa shape index (κ3) is 3.27. The Balaban J connectivity index is 1.52. The molecule has 2 aromatic rings. The van der Waals surface area contributed by atoms with Gasteiger partial charge in [-0.05, 0) is 47.7 Å². The lowest BCUT2D eigenvalue weighted by atomic mass is 10.1. The number of carbonyl (C=O) groups excluding carboxylic acids is 1. The van der Waals surface area contributed by atoms with Gasteiger partial charge in [0.15, 0.2) is 0 Å². The number of benzene rings is 2. The maximum atomic E-state index is 12.8. The molecule has 1 amide bonds. The van der Waals surface area contributed by atoms with E-state index in [1.54, 1.807) is 19.2 Å². The van der Waals surface area contributed by atoms with Crippen molar-refractivity contribution in [1.29, 1.82) is 0 Å². The summed E-state index contributed by atoms with van der Waals surface area (Å²) in [6.07, 6.45) is 0.877. The molecule has 4 heteroatoms. The number of ether oxygens (including phenoxy) is 1. The van der Waals surface area contributed by atoms with Crippen LogP contribution < -0.4 is 10.1 Å². The molecule has 0 saturated heterocycles. The summed E-state index contributed by atoms with van der Waals surface area (Å²) in [6, 6.07) is 14.0. The summed E-state index contributed by atoms with van der Waals surface area (Å²) in [7, 11) is 1.64. The first-order valence-corrected chi connectivity index (χ1v) is 7.33. The van der Waals surface area contributed by atoms with Crippen LogP contribution in [-0.2, 0) is 11.3 Å². The third-order valence-corrected chi connectivity index (χ3v) is 4.05. The first-order valence-electron chi connectivity index (χ1n) is 7.33. The van der Waals surface area contributed by atoms with Gasteiger partial charge in [0, 0.05) is 12.5 Å². The van der Waals surface area contributed by atoms with Gasteiger partial charge in [-0.15, -0.1) is 0 Å². The molecule has 2 atom stereocenters. The Hall–Kier alpha value is -2.36. The van der Waals surface area contributed by atoms with Gasteiger partial charge in [-0.25, -0.2) is 4.39 Å². The Labute approximate surface area is 129 Å². The van der Waals surface area contributed by atoms with Crippen LogP contribution in [0.2, 0.25) is 0 Å². The van der Waals surface area contributed by atoms with Crippen molar-refractivity contribution >= 4 is 5.91 Å². The molecule has 114 valence electrons. The van der Waals surface area contributed by atoms with Crippen LogP contribution in [-0.4, -0.2) is 13.0 Å². The van der Waals surface area contributed by atoms with Crippen LogP contribution in [0.15, 0.2) is 48.5 Å². The zero-order chi connectivity index (χ0) is 15.5. The predicted molar refractivity (Wildman–Crippen MR) is 82.1 cm³/mol. The molecular weight excluding hydrogens is 281 g/mol. The van der Waals surface area contributed by atoms with Crippen molar-refractivity contribution in [1.82, 2.24) is 5.32 Å². The zero-order valence-electron chi connectivity index (χ0n) is 12.4. The first kappa shape index (κ1) is 14.6. The van der Waals surface area contributed by atoms with E-state index in [4.69, 9.17) is 4.74 Å². The Morgan fingerprint density at radius 2 is 1.86 bits per heavy atom. The molecule has 3 rings (SSSR count). The number of methoxy groups -OCH3 is 1. The van der Waals surface area contributed by atoms with E-state index in [9.17, 15) is 9.18 Å². The van der Waals surface area contributed by atoms with Gasteiger partial charge in [0.1, 0.15) is 11.6 Å². The summed E-state index contributed by atoms with van der Waals surface area (Å²) in [4.78, 5) is 12.1. The van der Waals surface area contributed by atoms with Crippen molar-refractivity contribution in [2.75, 3.05) is 7.11 Å². The molecule has 1 N–H and O–H groups in total. The fraction of sp³-hybridized carbons (Fsp3) is 0.278. The molecule has 0 spiro atoms. The van der Waals surface area contributed by atoms with E-state index in [0.717, 1.165) is 17.7 Å². The van der Waals surface area contributed by atoms with Gasteiger partial charge in [-0.2, -0.15) is 0 Å². The summed E-state index contributed by atoms with van der Waals surface area (Å²) >= 11 is 0. The van der Waals surface area contributed by atoms with Crippen LogP contribution in [0.1, 0.15) is 23.5 Å². The highest BCUT2D eigenvalue weighted by molar-refractivity contribution is 5.82. The van der Waals surface area contributed by atoms with Crippen molar-refractivity contribution < 1.29 is 13.9 Å². The van der Waals surface area contributed by atoms with Crippen LogP contribution in [0.4, 0.5) is 4.39 Å². The van der Waals surface area contributed by atoms with E-state index in [1.165, 1.54) is 17.7 Å². The normalized spacial score (nSPS) is 19.5. The van der Waals surface area contributed by atoms with Crippen molar-refractivity contribution in [3.63, 3.8) is 0 Å². The number of hydrogen-bond donors (Lipinski definition) is 1. The monoisotopic (exact) mass is 299 g/mol. The lowest BCUT2D eigenvalue weighted by Gasteiger charge is -2.06. The number of halogens is 1. The maximum absolute atomic E-state index is 12.8. The average molecular weight is 299 g/mol. The lowest BCUT2D eigenvalue weighted by Crippen LogP contribution is -2.24. The highest BCUT2D eigenvalue weighted by atomic mass is 19.1. The molecule has 2 unspecified atom stereocenters. The van der Waals surface area contributed by atoms with Gasteiger partial charge < -0.3 is 10.1 Å². The van der Waals surface area contributed by atoms with Gasteiger partial charge >= 0.3 is 0 Å². The van der Waals surface area contributed by atoms with E-state index in [0.29, 0.717) is 12.5 Å². The van der Waals surface area contributed by atoms with E-state index in [2.05, 4.69) is 5.32 Å². The second-order valence-corrected chi connectivity index (χ2v) is 5.57. The summed E-state index contributed by atoms with van der Waals surface area (Å²) < 4.78 is 18.0. The topological polar surface area (TPSA) is 38.3 Å². The first-order chi connectivity index (χ1) is 10.7. The van der Waals surface area contributed by atoms with Crippen molar-refractivity contribution in [3.05, 3.63) is 65.5 Å². The molecule has 1 aliphatic carbocycles. The Morgan fingerprint density at radius 3 is 2.50 bits per heavy atom. The van der Waals surface area contributed by atoms with Crippen LogP contribution >= 0.6 is 0 Å². The van der Waals surface area contributed by atoms with Gasteiger partial charge in [-0.1, -0.05) is 24.3 Å². The van der Waals surface area contributed by atoms with E-state index >= 15 is 0 Å². The third-order valence-electron chi connectivity index (χ3n) is 4.05. The summed E-state index contributed by atoms with van der Waals surface area (Å²) in [5.74, 6) is 0.941. The smallest absolute Gasteiger partial charge is 0.224 e. The minimum absolute atomic E-state index is 0.0360. The van der Waals surface area contributed by atoms with Crippen molar-refractivity contribution in [2.45, 2.75) is 18.9 Å². The van der Waals surface area contributed by atoms with E-state index < -0.39 is 0 Å². The summed E-state index contributed by atoms with van der Waals surface area (Å²) in [6.45, 7) is 0.435. The molecule has 1 fully saturated rings. The molecule has 0 heterocycles. The number of rotatable bonds is 5. The fourth-order valence-electron chi connectivity index (χ4n) is 2.63. The molecule has 1 aliphatic rings. The molecule has 0 aliphatic heterocycles. The van der Waals surface area contributed by atoms with Crippen molar-refractivity contribution in [3.8, 4) is 5.75 Å². The van der Waals surface area contributed by atoms with Crippen LogP contribution in [0, 0.1) is 11.7 Å².